The number of hydrogen-bond acceptors (Lipinski definition) is 3. The second-order valence-electron chi connectivity index (χ2n) is 7.74. The summed E-state index contributed by atoms with van der Waals surface area (Å²) in [5.74, 6) is -0.190. The van der Waals surface area contributed by atoms with Gasteiger partial charge in [0.1, 0.15) is 6.04 Å². The number of aromatic nitrogens is 2. The number of carbonyl (C=O) groups is 2. The summed E-state index contributed by atoms with van der Waals surface area (Å²) in [6.07, 6.45) is 0.214. The number of nitrogens with zero attached hydrogens (tertiary/aromatic N) is 1. The van der Waals surface area contributed by atoms with Gasteiger partial charge >= 0.3 is 0 Å². The third-order valence-corrected chi connectivity index (χ3v) is 5.08. The number of aromatic amines is 1. The second-order valence-corrected chi connectivity index (χ2v) is 7.74. The quantitative estimate of drug-likeness (QED) is 0.457. The number of rotatable bonds is 6. The molecule has 2 amide bonds. The Hall–Kier alpha value is -3.67. The molecule has 1 unspecified atom stereocenters. The van der Waals surface area contributed by atoms with Crippen molar-refractivity contribution in [2.75, 3.05) is 5.32 Å². The first-order valence-electron chi connectivity index (χ1n) is 10.0. The van der Waals surface area contributed by atoms with Crippen LogP contribution in [0.3, 0.4) is 0 Å². The van der Waals surface area contributed by atoms with Crippen LogP contribution in [0.5, 0.6) is 0 Å². The molecule has 0 fully saturated rings. The number of amides is 2. The minimum absolute atomic E-state index is 0.0741. The highest BCUT2D eigenvalue weighted by Crippen LogP contribution is 2.17. The molecule has 0 radical (unpaired) electrons. The van der Waals surface area contributed by atoms with Crippen molar-refractivity contribution in [2.45, 2.75) is 26.3 Å². The van der Waals surface area contributed by atoms with E-state index >= 15 is 0 Å². The summed E-state index contributed by atoms with van der Waals surface area (Å²) in [6.45, 7) is 3.80. The highest BCUT2D eigenvalue weighted by atomic mass is 16.2. The summed E-state index contributed by atoms with van der Waals surface area (Å²) < 4.78 is 0. The van der Waals surface area contributed by atoms with Crippen molar-refractivity contribution >= 4 is 39.6 Å². The van der Waals surface area contributed by atoms with Crippen LogP contribution in [-0.4, -0.2) is 27.8 Å². The van der Waals surface area contributed by atoms with Crippen LogP contribution in [0.25, 0.3) is 21.8 Å². The van der Waals surface area contributed by atoms with Crippen LogP contribution in [0, 0.1) is 5.92 Å². The molecular formula is C24H24N4O2. The van der Waals surface area contributed by atoms with E-state index in [0.717, 1.165) is 27.4 Å². The number of carbonyl (C=O) groups excluding carboxylic acids is 2. The fourth-order valence-electron chi connectivity index (χ4n) is 3.50. The predicted molar refractivity (Wildman–Crippen MR) is 119 cm³/mol. The average Bonchev–Trinajstić information content (AvgIpc) is 3.14. The predicted octanol–water partition coefficient (Wildman–Crippen LogP) is 4.04. The van der Waals surface area contributed by atoms with E-state index in [4.69, 9.17) is 0 Å². The molecule has 1 atom stereocenters. The molecule has 3 aromatic carbocycles. The summed E-state index contributed by atoms with van der Waals surface area (Å²) >= 11 is 0. The fourth-order valence-corrected chi connectivity index (χ4v) is 3.50. The van der Waals surface area contributed by atoms with E-state index in [-0.39, 0.29) is 24.2 Å². The summed E-state index contributed by atoms with van der Waals surface area (Å²) in [7, 11) is 0. The molecule has 1 aromatic heterocycles. The van der Waals surface area contributed by atoms with Crippen LogP contribution in [0.2, 0.25) is 0 Å². The van der Waals surface area contributed by atoms with Crippen molar-refractivity contribution in [3.05, 3.63) is 72.3 Å². The topological polar surface area (TPSA) is 86.9 Å². The number of hydrogen-bond donors (Lipinski definition) is 3. The molecule has 6 heteroatoms. The first-order valence-corrected chi connectivity index (χ1v) is 10.0. The third kappa shape index (κ3) is 4.33. The Morgan fingerprint density at radius 1 is 0.967 bits per heavy atom. The van der Waals surface area contributed by atoms with E-state index in [9.17, 15) is 9.59 Å². The summed E-state index contributed by atoms with van der Waals surface area (Å²) in [6, 6.07) is 20.9. The highest BCUT2D eigenvalue weighted by Gasteiger charge is 2.25. The Balaban J connectivity index is 1.43. The van der Waals surface area contributed by atoms with Crippen LogP contribution >= 0.6 is 0 Å². The largest absolute Gasteiger partial charge is 0.344 e. The van der Waals surface area contributed by atoms with E-state index in [1.165, 1.54) is 0 Å². The smallest absolute Gasteiger partial charge is 0.249 e. The summed E-state index contributed by atoms with van der Waals surface area (Å²) in [5, 5.41) is 7.88. The van der Waals surface area contributed by atoms with Crippen molar-refractivity contribution in [3.8, 4) is 0 Å². The van der Waals surface area contributed by atoms with Crippen molar-refractivity contribution in [1.29, 1.82) is 0 Å². The zero-order valence-corrected chi connectivity index (χ0v) is 17.0. The van der Waals surface area contributed by atoms with Crippen LogP contribution in [-0.2, 0) is 16.0 Å². The van der Waals surface area contributed by atoms with Crippen LogP contribution < -0.4 is 10.6 Å². The van der Waals surface area contributed by atoms with E-state index < -0.39 is 6.04 Å². The maximum Gasteiger partial charge on any atom is 0.249 e. The van der Waals surface area contributed by atoms with Gasteiger partial charge in [-0.1, -0.05) is 68.4 Å². The van der Waals surface area contributed by atoms with Gasteiger partial charge in [-0.05, 0) is 34.4 Å². The molecule has 4 aromatic rings. The van der Waals surface area contributed by atoms with Crippen molar-refractivity contribution in [3.63, 3.8) is 0 Å². The minimum atomic E-state index is -0.661. The zero-order valence-electron chi connectivity index (χ0n) is 17.0. The van der Waals surface area contributed by atoms with E-state index in [0.29, 0.717) is 5.95 Å². The Kier molecular flexibility index (Phi) is 5.48. The Labute approximate surface area is 174 Å². The van der Waals surface area contributed by atoms with Gasteiger partial charge in [0.05, 0.1) is 17.5 Å². The first-order chi connectivity index (χ1) is 14.5. The lowest BCUT2D eigenvalue weighted by Crippen LogP contribution is -2.47. The Morgan fingerprint density at radius 2 is 1.70 bits per heavy atom. The van der Waals surface area contributed by atoms with Crippen molar-refractivity contribution in [2.24, 2.45) is 5.92 Å². The number of anilines is 1. The SMILES string of the molecule is CC(C)C(NC(=O)Cc1ccc2ccccc2c1)C(=O)Nc1nc2ccccc2[nH]1. The molecule has 0 bridgehead atoms. The third-order valence-electron chi connectivity index (χ3n) is 5.08. The standard InChI is InChI=1S/C24H24N4O2/c1-15(2)22(23(30)28-24-25-19-9-5-6-10-20(19)26-24)27-21(29)14-16-11-12-17-7-3-4-8-18(17)13-16/h3-13,15,22H,14H2,1-2H3,(H,27,29)(H2,25,26,28,30). The molecule has 152 valence electrons. The molecule has 1 heterocycles. The fraction of sp³-hybridized carbons (Fsp3) is 0.208. The normalized spacial score (nSPS) is 12.2. The van der Waals surface area contributed by atoms with Gasteiger partial charge in [-0.3, -0.25) is 14.9 Å². The van der Waals surface area contributed by atoms with Gasteiger partial charge in [0.25, 0.3) is 0 Å². The number of imidazole rings is 1. The average molecular weight is 400 g/mol. The Morgan fingerprint density at radius 3 is 2.47 bits per heavy atom. The molecule has 0 aliphatic heterocycles. The van der Waals surface area contributed by atoms with Gasteiger partial charge in [0, 0.05) is 0 Å². The molecule has 0 saturated carbocycles. The molecule has 0 saturated heterocycles. The number of fused-ring (bicyclic) bond motifs is 2. The van der Waals surface area contributed by atoms with Gasteiger partial charge in [0.2, 0.25) is 17.8 Å². The molecule has 0 aliphatic rings. The van der Waals surface area contributed by atoms with Crippen LogP contribution in [0.1, 0.15) is 19.4 Å². The zero-order chi connectivity index (χ0) is 21.1. The van der Waals surface area contributed by atoms with E-state index in [2.05, 4.69) is 20.6 Å². The monoisotopic (exact) mass is 400 g/mol. The number of H-pyrrole nitrogens is 1. The van der Waals surface area contributed by atoms with E-state index in [1.54, 1.807) is 0 Å². The van der Waals surface area contributed by atoms with Gasteiger partial charge in [0.15, 0.2) is 0 Å². The summed E-state index contributed by atoms with van der Waals surface area (Å²) in [5.41, 5.74) is 2.52. The number of nitrogens with one attached hydrogen (secondary N) is 3. The van der Waals surface area contributed by atoms with Crippen molar-refractivity contribution in [1.82, 2.24) is 15.3 Å². The lowest BCUT2D eigenvalue weighted by molar-refractivity contribution is -0.127. The number of benzene rings is 3. The maximum atomic E-state index is 12.8. The van der Waals surface area contributed by atoms with Crippen LogP contribution in [0.4, 0.5) is 5.95 Å². The molecule has 30 heavy (non-hydrogen) atoms. The lowest BCUT2D eigenvalue weighted by atomic mass is 10.0. The first kappa shape index (κ1) is 19.6. The molecule has 0 aliphatic carbocycles. The lowest BCUT2D eigenvalue weighted by Gasteiger charge is -2.21. The molecule has 0 spiro atoms. The molecular weight excluding hydrogens is 376 g/mol. The van der Waals surface area contributed by atoms with Gasteiger partial charge in [-0.2, -0.15) is 0 Å². The summed E-state index contributed by atoms with van der Waals surface area (Å²) in [4.78, 5) is 32.9. The van der Waals surface area contributed by atoms with Gasteiger partial charge in [-0.15, -0.1) is 0 Å². The van der Waals surface area contributed by atoms with Gasteiger partial charge < -0.3 is 10.3 Å². The molecule has 4 rings (SSSR count). The van der Waals surface area contributed by atoms with Crippen molar-refractivity contribution < 1.29 is 9.59 Å². The molecule has 3 N–H and O–H groups in total. The van der Waals surface area contributed by atoms with E-state index in [1.807, 2.05) is 80.6 Å². The number of para-hydroxylation sites is 2. The van der Waals surface area contributed by atoms with Gasteiger partial charge in [-0.25, -0.2) is 4.98 Å². The Bertz CT molecular complexity index is 1180. The second kappa shape index (κ2) is 8.37. The highest BCUT2D eigenvalue weighted by molar-refractivity contribution is 5.97. The van der Waals surface area contributed by atoms with Crippen LogP contribution in [0.15, 0.2) is 66.7 Å². The maximum absolute atomic E-state index is 12.8. The minimum Gasteiger partial charge on any atom is -0.344 e. The molecule has 6 nitrogen and oxygen atoms in total.